The Morgan fingerprint density at radius 3 is 2.57 bits per heavy atom. The van der Waals surface area contributed by atoms with Crippen LogP contribution < -0.4 is 5.32 Å². The second-order valence-electron chi connectivity index (χ2n) is 5.46. The van der Waals surface area contributed by atoms with Crippen molar-refractivity contribution in [3.8, 4) is 0 Å². The molecule has 0 unspecified atom stereocenters. The van der Waals surface area contributed by atoms with E-state index in [4.69, 9.17) is 0 Å². The number of fused-ring (bicyclic) bond motifs is 1. The lowest BCUT2D eigenvalue weighted by molar-refractivity contribution is 0.597. The third kappa shape index (κ3) is 3.14. The number of nitrogens with zero attached hydrogens (tertiary/aromatic N) is 2. The zero-order chi connectivity index (χ0) is 14.7. The van der Waals surface area contributed by atoms with Crippen LogP contribution in [0.4, 0.5) is 0 Å². The van der Waals surface area contributed by atoms with Gasteiger partial charge < -0.3 is 9.88 Å². The van der Waals surface area contributed by atoms with Crippen molar-refractivity contribution >= 4 is 11.0 Å². The fourth-order valence-corrected chi connectivity index (χ4v) is 2.61. The van der Waals surface area contributed by atoms with Crippen molar-refractivity contribution < 1.29 is 0 Å². The van der Waals surface area contributed by atoms with Gasteiger partial charge >= 0.3 is 0 Å². The van der Waals surface area contributed by atoms with Crippen LogP contribution in [0.25, 0.3) is 11.0 Å². The summed E-state index contributed by atoms with van der Waals surface area (Å²) in [6.45, 7) is 6.98. The topological polar surface area (TPSA) is 29.9 Å². The fourth-order valence-electron chi connectivity index (χ4n) is 2.61. The molecule has 21 heavy (non-hydrogen) atoms. The van der Waals surface area contributed by atoms with Gasteiger partial charge in [-0.25, -0.2) is 4.98 Å². The fraction of sp³-hybridized carbons (Fsp3) is 0.278. The normalized spacial score (nSPS) is 11.1. The van der Waals surface area contributed by atoms with Crippen LogP contribution in [0.5, 0.6) is 0 Å². The predicted octanol–water partition coefficient (Wildman–Crippen LogP) is 3.44. The highest BCUT2D eigenvalue weighted by atomic mass is 15.1. The Labute approximate surface area is 125 Å². The molecule has 2 aromatic carbocycles. The highest BCUT2D eigenvalue weighted by Gasteiger charge is 2.05. The van der Waals surface area contributed by atoms with E-state index in [1.165, 1.54) is 16.6 Å². The van der Waals surface area contributed by atoms with Crippen LogP contribution in [0.1, 0.15) is 17.0 Å². The summed E-state index contributed by atoms with van der Waals surface area (Å²) in [5.74, 6) is 1.08. The molecule has 0 aliphatic carbocycles. The summed E-state index contributed by atoms with van der Waals surface area (Å²) < 4.78 is 2.28. The Morgan fingerprint density at radius 2 is 1.76 bits per heavy atom. The van der Waals surface area contributed by atoms with Gasteiger partial charge in [-0.15, -0.1) is 0 Å². The second-order valence-corrected chi connectivity index (χ2v) is 5.46. The van der Waals surface area contributed by atoms with Gasteiger partial charge in [0, 0.05) is 19.6 Å². The molecule has 1 N–H and O–H groups in total. The average Bonchev–Trinajstić information content (AvgIpc) is 2.81. The molecule has 3 aromatic rings. The van der Waals surface area contributed by atoms with E-state index in [0.29, 0.717) is 0 Å². The summed E-state index contributed by atoms with van der Waals surface area (Å²) in [7, 11) is 0. The highest BCUT2D eigenvalue weighted by molar-refractivity contribution is 5.75. The molecule has 0 spiro atoms. The Balaban J connectivity index is 1.59. The van der Waals surface area contributed by atoms with Crippen LogP contribution in [0.15, 0.2) is 48.5 Å². The Morgan fingerprint density at radius 1 is 1.00 bits per heavy atom. The molecule has 0 aliphatic rings. The van der Waals surface area contributed by atoms with Gasteiger partial charge in [0.25, 0.3) is 0 Å². The summed E-state index contributed by atoms with van der Waals surface area (Å²) in [5.41, 5.74) is 4.92. The van der Waals surface area contributed by atoms with Crippen molar-refractivity contribution in [2.24, 2.45) is 0 Å². The molecule has 0 saturated carbocycles. The van der Waals surface area contributed by atoms with Crippen LogP contribution in [0, 0.1) is 13.8 Å². The first-order valence-corrected chi connectivity index (χ1v) is 7.42. The van der Waals surface area contributed by atoms with E-state index in [1.54, 1.807) is 0 Å². The number of hydrogen-bond acceptors (Lipinski definition) is 2. The van der Waals surface area contributed by atoms with Crippen molar-refractivity contribution in [2.45, 2.75) is 26.9 Å². The molecule has 0 aliphatic heterocycles. The summed E-state index contributed by atoms with van der Waals surface area (Å²) in [5, 5.41) is 3.50. The van der Waals surface area contributed by atoms with Crippen LogP contribution in [0.2, 0.25) is 0 Å². The number of aromatic nitrogens is 2. The van der Waals surface area contributed by atoms with Gasteiger partial charge in [-0.05, 0) is 31.5 Å². The van der Waals surface area contributed by atoms with Crippen molar-refractivity contribution in [1.82, 2.24) is 14.9 Å². The highest BCUT2D eigenvalue weighted by Crippen LogP contribution is 2.14. The minimum absolute atomic E-state index is 0.909. The number of imidazole rings is 1. The number of nitrogens with one attached hydrogen (secondary N) is 1. The maximum atomic E-state index is 4.59. The molecule has 0 atom stereocenters. The molecule has 0 radical (unpaired) electrons. The van der Waals surface area contributed by atoms with Crippen molar-refractivity contribution in [2.75, 3.05) is 6.54 Å². The van der Waals surface area contributed by atoms with Gasteiger partial charge in [-0.2, -0.15) is 0 Å². The standard InChI is InChI=1S/C18H21N3/c1-14-7-9-16(10-8-14)13-19-11-12-21-15(2)20-17-5-3-4-6-18(17)21/h3-10,19H,11-13H2,1-2H3. The molecule has 3 rings (SSSR count). The quantitative estimate of drug-likeness (QED) is 0.725. The lowest BCUT2D eigenvalue weighted by atomic mass is 10.1. The average molecular weight is 279 g/mol. The number of aryl methyl sites for hydroxylation is 2. The molecule has 0 bridgehead atoms. The first kappa shape index (κ1) is 13.8. The molecule has 3 nitrogen and oxygen atoms in total. The zero-order valence-corrected chi connectivity index (χ0v) is 12.6. The van der Waals surface area contributed by atoms with Crippen molar-refractivity contribution in [3.05, 3.63) is 65.5 Å². The van der Waals surface area contributed by atoms with E-state index < -0.39 is 0 Å². The van der Waals surface area contributed by atoms with Gasteiger partial charge in [0.05, 0.1) is 11.0 Å². The smallest absolute Gasteiger partial charge is 0.106 e. The SMILES string of the molecule is Cc1ccc(CNCCn2c(C)nc3ccccc32)cc1. The molecular formula is C18H21N3. The number of benzene rings is 2. The first-order valence-electron chi connectivity index (χ1n) is 7.42. The maximum Gasteiger partial charge on any atom is 0.106 e. The largest absolute Gasteiger partial charge is 0.327 e. The monoisotopic (exact) mass is 279 g/mol. The third-order valence-corrected chi connectivity index (χ3v) is 3.81. The number of hydrogen-bond donors (Lipinski definition) is 1. The van der Waals surface area contributed by atoms with Crippen LogP contribution >= 0.6 is 0 Å². The van der Waals surface area contributed by atoms with E-state index >= 15 is 0 Å². The zero-order valence-electron chi connectivity index (χ0n) is 12.6. The van der Waals surface area contributed by atoms with Gasteiger partial charge in [0.2, 0.25) is 0 Å². The van der Waals surface area contributed by atoms with E-state index in [0.717, 1.165) is 31.0 Å². The minimum Gasteiger partial charge on any atom is -0.327 e. The molecular weight excluding hydrogens is 258 g/mol. The maximum absolute atomic E-state index is 4.59. The molecule has 1 heterocycles. The van der Waals surface area contributed by atoms with Gasteiger partial charge in [0.1, 0.15) is 5.82 Å². The summed E-state index contributed by atoms with van der Waals surface area (Å²) >= 11 is 0. The molecule has 0 saturated heterocycles. The molecule has 3 heteroatoms. The van der Waals surface area contributed by atoms with E-state index in [-0.39, 0.29) is 0 Å². The van der Waals surface area contributed by atoms with Crippen LogP contribution in [-0.2, 0) is 13.1 Å². The predicted molar refractivity (Wildman–Crippen MR) is 87.4 cm³/mol. The van der Waals surface area contributed by atoms with E-state index in [9.17, 15) is 0 Å². The molecule has 0 amide bonds. The third-order valence-electron chi connectivity index (χ3n) is 3.81. The Kier molecular flexibility index (Phi) is 4.02. The van der Waals surface area contributed by atoms with Gasteiger partial charge in [0.15, 0.2) is 0 Å². The van der Waals surface area contributed by atoms with E-state index in [2.05, 4.69) is 71.2 Å². The number of rotatable bonds is 5. The van der Waals surface area contributed by atoms with E-state index in [1.807, 2.05) is 6.07 Å². The lowest BCUT2D eigenvalue weighted by Crippen LogP contribution is -2.20. The molecule has 0 fully saturated rings. The molecule has 108 valence electrons. The van der Waals surface area contributed by atoms with Crippen molar-refractivity contribution in [3.63, 3.8) is 0 Å². The second kappa shape index (κ2) is 6.10. The Bertz CT molecular complexity index is 726. The summed E-state index contributed by atoms with van der Waals surface area (Å²) in [6, 6.07) is 17.0. The van der Waals surface area contributed by atoms with Gasteiger partial charge in [-0.3, -0.25) is 0 Å². The molecule has 1 aromatic heterocycles. The van der Waals surface area contributed by atoms with Crippen molar-refractivity contribution in [1.29, 1.82) is 0 Å². The Hall–Kier alpha value is -2.13. The lowest BCUT2D eigenvalue weighted by Gasteiger charge is -2.09. The number of para-hydroxylation sites is 2. The van der Waals surface area contributed by atoms with Gasteiger partial charge in [-0.1, -0.05) is 42.0 Å². The summed E-state index contributed by atoms with van der Waals surface area (Å²) in [4.78, 5) is 4.59. The van der Waals surface area contributed by atoms with Crippen LogP contribution in [-0.4, -0.2) is 16.1 Å². The summed E-state index contributed by atoms with van der Waals surface area (Å²) in [6.07, 6.45) is 0. The first-order chi connectivity index (χ1) is 10.2. The minimum atomic E-state index is 0.909. The van der Waals surface area contributed by atoms with Crippen LogP contribution in [0.3, 0.4) is 0 Å².